The van der Waals surface area contributed by atoms with E-state index in [9.17, 15) is 4.79 Å². The molecule has 0 saturated carbocycles. The zero-order valence-corrected chi connectivity index (χ0v) is 7.31. The Labute approximate surface area is 76.3 Å². The third-order valence-electron chi connectivity index (χ3n) is 1.74. The van der Waals surface area contributed by atoms with E-state index in [1.807, 2.05) is 0 Å². The number of carbonyl (C=O) groups is 1. The molecule has 0 unspecified atom stereocenters. The molecule has 1 fully saturated rings. The summed E-state index contributed by atoms with van der Waals surface area (Å²) in [5.74, 6) is -0.229. The maximum absolute atomic E-state index is 11.2. The molecule has 5 nitrogen and oxygen atoms in total. The van der Waals surface area contributed by atoms with Gasteiger partial charge in [-0.3, -0.25) is 4.79 Å². The van der Waals surface area contributed by atoms with Crippen molar-refractivity contribution in [1.82, 2.24) is 0 Å². The van der Waals surface area contributed by atoms with E-state index >= 15 is 0 Å². The Balaban J connectivity index is 2.21. The van der Waals surface area contributed by atoms with E-state index in [2.05, 4.69) is 0 Å². The maximum atomic E-state index is 11.2. The lowest BCUT2D eigenvalue weighted by atomic mass is 10.2. The molecule has 0 amide bonds. The zero-order valence-electron chi connectivity index (χ0n) is 7.31. The summed E-state index contributed by atoms with van der Waals surface area (Å²) in [4.78, 5) is 11.2. The molecular weight excluding hydrogens is 176 g/mol. The van der Waals surface area contributed by atoms with E-state index in [0.717, 1.165) is 6.42 Å². The fraction of sp³-hybridized carbons (Fsp3) is 0.875. The van der Waals surface area contributed by atoms with Gasteiger partial charge in [-0.25, -0.2) is 0 Å². The highest BCUT2D eigenvalue weighted by molar-refractivity contribution is 5.81. The first kappa shape index (κ1) is 10.6. The van der Waals surface area contributed by atoms with Crippen LogP contribution < -0.4 is 0 Å². The molecule has 0 aromatic rings. The molecule has 0 bridgehead atoms. The Morgan fingerprint density at radius 2 is 2.00 bits per heavy atom. The highest BCUT2D eigenvalue weighted by Crippen LogP contribution is 2.09. The minimum atomic E-state index is -1.44. The number of aliphatic hydroxyl groups excluding tert-OH is 1. The molecule has 76 valence electrons. The van der Waals surface area contributed by atoms with Gasteiger partial charge in [0, 0.05) is 12.8 Å². The van der Waals surface area contributed by atoms with E-state index in [1.54, 1.807) is 0 Å². The highest BCUT2D eigenvalue weighted by Gasteiger charge is 2.22. The SMILES string of the molecule is O=C(CCC(O)O)C1OCCCO1. The van der Waals surface area contributed by atoms with Crippen molar-refractivity contribution in [3.63, 3.8) is 0 Å². The fourth-order valence-corrected chi connectivity index (χ4v) is 1.06. The lowest BCUT2D eigenvalue weighted by Crippen LogP contribution is -2.32. The van der Waals surface area contributed by atoms with Gasteiger partial charge in [0.1, 0.15) is 0 Å². The minimum absolute atomic E-state index is 0.0298. The van der Waals surface area contributed by atoms with Crippen LogP contribution in [0.3, 0.4) is 0 Å². The summed E-state index contributed by atoms with van der Waals surface area (Å²) in [7, 11) is 0. The van der Waals surface area contributed by atoms with Crippen LogP contribution in [0.15, 0.2) is 0 Å². The second kappa shape index (κ2) is 5.29. The van der Waals surface area contributed by atoms with E-state index < -0.39 is 12.6 Å². The van der Waals surface area contributed by atoms with Crippen LogP contribution in [-0.4, -0.2) is 41.8 Å². The van der Waals surface area contributed by atoms with E-state index in [1.165, 1.54) is 0 Å². The molecule has 0 spiro atoms. The van der Waals surface area contributed by atoms with E-state index in [-0.39, 0.29) is 18.6 Å². The number of hydrogen-bond donors (Lipinski definition) is 2. The number of carbonyl (C=O) groups excluding carboxylic acids is 1. The molecule has 5 heteroatoms. The standard InChI is InChI=1S/C8H14O5/c9-6(2-3-7(10)11)8-12-4-1-5-13-8/h7-8,10-11H,1-5H2. The first-order valence-electron chi connectivity index (χ1n) is 4.32. The average molecular weight is 190 g/mol. The maximum Gasteiger partial charge on any atom is 0.217 e. The van der Waals surface area contributed by atoms with Crippen LogP contribution >= 0.6 is 0 Å². The van der Waals surface area contributed by atoms with Crippen molar-refractivity contribution in [2.24, 2.45) is 0 Å². The summed E-state index contributed by atoms with van der Waals surface area (Å²) in [6.07, 6.45) is -1.34. The van der Waals surface area contributed by atoms with Crippen LogP contribution in [-0.2, 0) is 14.3 Å². The van der Waals surface area contributed by atoms with Gasteiger partial charge in [-0.05, 0) is 6.42 Å². The second-order valence-corrected chi connectivity index (χ2v) is 2.91. The van der Waals surface area contributed by atoms with Crippen LogP contribution in [0.2, 0.25) is 0 Å². The van der Waals surface area contributed by atoms with Gasteiger partial charge in [0.2, 0.25) is 6.29 Å². The van der Waals surface area contributed by atoms with Crippen molar-refractivity contribution in [2.45, 2.75) is 31.8 Å². The molecule has 0 atom stereocenters. The van der Waals surface area contributed by atoms with Crippen molar-refractivity contribution < 1.29 is 24.5 Å². The lowest BCUT2D eigenvalue weighted by molar-refractivity contribution is -0.189. The van der Waals surface area contributed by atoms with Gasteiger partial charge in [0.05, 0.1) is 13.2 Å². The summed E-state index contributed by atoms with van der Waals surface area (Å²) in [5.41, 5.74) is 0. The number of hydrogen-bond acceptors (Lipinski definition) is 5. The Bertz CT molecular complexity index is 162. The van der Waals surface area contributed by atoms with Gasteiger partial charge in [-0.15, -0.1) is 0 Å². The normalized spacial score (nSPS) is 19.3. The number of rotatable bonds is 4. The predicted molar refractivity (Wildman–Crippen MR) is 42.8 cm³/mol. The van der Waals surface area contributed by atoms with Crippen molar-refractivity contribution >= 4 is 5.78 Å². The van der Waals surface area contributed by atoms with Crippen molar-refractivity contribution in [2.75, 3.05) is 13.2 Å². The van der Waals surface area contributed by atoms with Gasteiger partial charge in [-0.1, -0.05) is 0 Å². The lowest BCUT2D eigenvalue weighted by Gasteiger charge is -2.21. The Kier molecular flexibility index (Phi) is 4.31. The third-order valence-corrected chi connectivity index (χ3v) is 1.74. The highest BCUT2D eigenvalue weighted by atomic mass is 16.7. The molecule has 2 N–H and O–H groups in total. The topological polar surface area (TPSA) is 76.0 Å². The van der Waals surface area contributed by atoms with E-state index in [4.69, 9.17) is 19.7 Å². The van der Waals surface area contributed by atoms with Crippen LogP contribution in [0.4, 0.5) is 0 Å². The van der Waals surface area contributed by atoms with Crippen LogP contribution in [0.25, 0.3) is 0 Å². The molecular formula is C8H14O5. The molecule has 0 radical (unpaired) electrons. The smallest absolute Gasteiger partial charge is 0.217 e. The fourth-order valence-electron chi connectivity index (χ4n) is 1.06. The van der Waals surface area contributed by atoms with Crippen LogP contribution in [0, 0.1) is 0 Å². The second-order valence-electron chi connectivity index (χ2n) is 2.91. The summed E-state index contributed by atoms with van der Waals surface area (Å²) < 4.78 is 10.1. The molecule has 0 aromatic carbocycles. The van der Waals surface area contributed by atoms with Crippen LogP contribution in [0.1, 0.15) is 19.3 Å². The third kappa shape index (κ3) is 3.82. The zero-order chi connectivity index (χ0) is 9.68. The summed E-state index contributed by atoms with van der Waals surface area (Å²) in [5, 5.41) is 17.0. The van der Waals surface area contributed by atoms with E-state index in [0.29, 0.717) is 13.2 Å². The molecule has 0 aliphatic carbocycles. The monoisotopic (exact) mass is 190 g/mol. The van der Waals surface area contributed by atoms with Crippen molar-refractivity contribution in [3.8, 4) is 0 Å². The molecule has 0 aromatic heterocycles. The molecule has 1 heterocycles. The molecule has 1 rings (SSSR count). The van der Waals surface area contributed by atoms with Gasteiger partial charge in [0.15, 0.2) is 12.1 Å². The van der Waals surface area contributed by atoms with Gasteiger partial charge in [0.25, 0.3) is 0 Å². The number of ether oxygens (including phenoxy) is 2. The number of Topliss-reactive ketones (excluding diaryl/α,β-unsaturated/α-hetero) is 1. The largest absolute Gasteiger partial charge is 0.368 e. The Morgan fingerprint density at radius 1 is 1.38 bits per heavy atom. The van der Waals surface area contributed by atoms with Gasteiger partial charge < -0.3 is 19.7 Å². The summed E-state index contributed by atoms with van der Waals surface area (Å²) in [6.45, 7) is 1.05. The molecule has 1 saturated heterocycles. The predicted octanol–water partition coefficient (Wildman–Crippen LogP) is -0.591. The quantitative estimate of drug-likeness (QED) is 0.579. The Morgan fingerprint density at radius 3 is 2.54 bits per heavy atom. The Hall–Kier alpha value is -0.490. The summed E-state index contributed by atoms with van der Waals surface area (Å²) in [6, 6.07) is 0. The van der Waals surface area contributed by atoms with Crippen LogP contribution in [0.5, 0.6) is 0 Å². The average Bonchev–Trinajstić information content (AvgIpc) is 2.15. The van der Waals surface area contributed by atoms with Crippen molar-refractivity contribution in [1.29, 1.82) is 0 Å². The molecule has 1 aliphatic rings. The number of aliphatic hydroxyl groups is 2. The molecule has 13 heavy (non-hydrogen) atoms. The van der Waals surface area contributed by atoms with Gasteiger partial charge in [-0.2, -0.15) is 0 Å². The first-order valence-corrected chi connectivity index (χ1v) is 4.32. The van der Waals surface area contributed by atoms with Gasteiger partial charge >= 0.3 is 0 Å². The number of ketones is 1. The first-order chi connectivity index (χ1) is 6.20. The molecule has 1 aliphatic heterocycles. The summed E-state index contributed by atoms with van der Waals surface area (Å²) >= 11 is 0. The van der Waals surface area contributed by atoms with Crippen molar-refractivity contribution in [3.05, 3.63) is 0 Å². The minimum Gasteiger partial charge on any atom is -0.368 e.